The first-order valence-electron chi connectivity index (χ1n) is 5.08. The maximum absolute atomic E-state index is 13.5. The van der Waals surface area contributed by atoms with Crippen LogP contribution in [0.25, 0.3) is 0 Å². The molecule has 0 heterocycles. The van der Waals surface area contributed by atoms with E-state index in [1.165, 1.54) is 24.8 Å². The summed E-state index contributed by atoms with van der Waals surface area (Å²) >= 11 is 1.24. The summed E-state index contributed by atoms with van der Waals surface area (Å²) in [5, 5.41) is 9.47. The molecule has 0 aliphatic heterocycles. The average molecular weight is 278 g/mol. The quantitative estimate of drug-likeness (QED) is 0.837. The molecule has 0 saturated carbocycles. The summed E-state index contributed by atoms with van der Waals surface area (Å²) < 4.78 is 35.4. The lowest BCUT2D eigenvalue weighted by molar-refractivity contribution is 0.191. The molecular formula is C11H15FO3S2. The van der Waals surface area contributed by atoms with Crippen molar-refractivity contribution in [1.82, 2.24) is 0 Å². The Bertz CT molecular complexity index is 483. The van der Waals surface area contributed by atoms with Crippen LogP contribution in [-0.2, 0) is 9.84 Å². The lowest BCUT2D eigenvalue weighted by Gasteiger charge is -2.12. The standard InChI is InChI=1S/C11H15FO3S2/c1-8(13)11-9(12)4-3-5-10(11)16-6-7-17(2,14)15/h3-5,8,13H,6-7H2,1-2H3/t8-/m0/s1. The zero-order valence-corrected chi connectivity index (χ0v) is 11.3. The third-order valence-electron chi connectivity index (χ3n) is 2.14. The predicted molar refractivity (Wildman–Crippen MR) is 67.5 cm³/mol. The molecule has 1 rings (SSSR count). The van der Waals surface area contributed by atoms with Crippen LogP contribution in [0.1, 0.15) is 18.6 Å². The molecule has 0 spiro atoms. The number of rotatable bonds is 5. The Labute approximate surface area is 105 Å². The molecule has 0 amide bonds. The molecule has 1 N–H and O–H groups in total. The normalized spacial score (nSPS) is 13.6. The van der Waals surface area contributed by atoms with Crippen LogP contribution in [0, 0.1) is 5.82 Å². The Morgan fingerprint density at radius 2 is 2.12 bits per heavy atom. The lowest BCUT2D eigenvalue weighted by Crippen LogP contribution is -2.06. The Hall–Kier alpha value is -0.590. The predicted octanol–water partition coefficient (Wildman–Crippen LogP) is 2.02. The second kappa shape index (κ2) is 5.84. The van der Waals surface area contributed by atoms with Crippen molar-refractivity contribution in [3.8, 4) is 0 Å². The second-order valence-electron chi connectivity index (χ2n) is 3.81. The van der Waals surface area contributed by atoms with Gasteiger partial charge in [-0.2, -0.15) is 0 Å². The monoisotopic (exact) mass is 278 g/mol. The fraction of sp³-hybridized carbons (Fsp3) is 0.455. The van der Waals surface area contributed by atoms with Crippen molar-refractivity contribution in [2.24, 2.45) is 0 Å². The molecular weight excluding hydrogens is 263 g/mol. The maximum Gasteiger partial charge on any atom is 0.148 e. The van der Waals surface area contributed by atoms with Crippen LogP contribution in [0.3, 0.4) is 0 Å². The molecule has 1 aromatic rings. The molecule has 0 aromatic heterocycles. The van der Waals surface area contributed by atoms with Crippen molar-refractivity contribution in [3.05, 3.63) is 29.6 Å². The molecule has 0 fully saturated rings. The second-order valence-corrected chi connectivity index (χ2v) is 7.20. The minimum absolute atomic E-state index is 0.0351. The van der Waals surface area contributed by atoms with E-state index >= 15 is 0 Å². The molecule has 0 bridgehead atoms. The third kappa shape index (κ3) is 4.65. The number of aliphatic hydroxyl groups excluding tert-OH is 1. The van der Waals surface area contributed by atoms with Gasteiger partial charge in [0, 0.05) is 22.5 Å². The highest BCUT2D eigenvalue weighted by atomic mass is 32.2. The van der Waals surface area contributed by atoms with Crippen LogP contribution in [0.4, 0.5) is 4.39 Å². The summed E-state index contributed by atoms with van der Waals surface area (Å²) in [6, 6.07) is 4.50. The van der Waals surface area contributed by atoms with Gasteiger partial charge in [-0.05, 0) is 19.1 Å². The summed E-state index contributed by atoms with van der Waals surface area (Å²) in [6.45, 7) is 1.49. The number of hydrogen-bond donors (Lipinski definition) is 1. The Balaban J connectivity index is 2.81. The number of halogens is 1. The molecule has 1 atom stereocenters. The van der Waals surface area contributed by atoms with Gasteiger partial charge in [0.05, 0.1) is 11.9 Å². The summed E-state index contributed by atoms with van der Waals surface area (Å²) in [5.74, 6) is -0.0838. The zero-order valence-electron chi connectivity index (χ0n) is 9.68. The Morgan fingerprint density at radius 3 is 2.65 bits per heavy atom. The first kappa shape index (κ1) is 14.5. The fourth-order valence-electron chi connectivity index (χ4n) is 1.35. The van der Waals surface area contributed by atoms with E-state index in [4.69, 9.17) is 0 Å². The van der Waals surface area contributed by atoms with Crippen molar-refractivity contribution in [2.75, 3.05) is 17.8 Å². The van der Waals surface area contributed by atoms with Gasteiger partial charge >= 0.3 is 0 Å². The van der Waals surface area contributed by atoms with Gasteiger partial charge in [-0.15, -0.1) is 11.8 Å². The molecule has 17 heavy (non-hydrogen) atoms. The number of benzene rings is 1. The van der Waals surface area contributed by atoms with Crippen LogP contribution < -0.4 is 0 Å². The van der Waals surface area contributed by atoms with E-state index in [0.717, 1.165) is 6.26 Å². The first-order chi connectivity index (χ1) is 7.81. The Morgan fingerprint density at radius 1 is 1.47 bits per heavy atom. The van der Waals surface area contributed by atoms with E-state index in [1.807, 2.05) is 0 Å². The number of aliphatic hydroxyl groups is 1. The first-order valence-corrected chi connectivity index (χ1v) is 8.13. The van der Waals surface area contributed by atoms with Crippen molar-refractivity contribution < 1.29 is 17.9 Å². The Kier molecular flexibility index (Phi) is 4.97. The van der Waals surface area contributed by atoms with Gasteiger partial charge < -0.3 is 5.11 Å². The van der Waals surface area contributed by atoms with Crippen LogP contribution in [-0.4, -0.2) is 31.3 Å². The molecule has 3 nitrogen and oxygen atoms in total. The van der Waals surface area contributed by atoms with Crippen molar-refractivity contribution in [2.45, 2.75) is 17.9 Å². The van der Waals surface area contributed by atoms with E-state index in [-0.39, 0.29) is 11.3 Å². The summed E-state index contributed by atoms with van der Waals surface area (Å²) in [7, 11) is -3.01. The lowest BCUT2D eigenvalue weighted by atomic mass is 10.1. The van der Waals surface area contributed by atoms with E-state index < -0.39 is 21.8 Å². The highest BCUT2D eigenvalue weighted by Gasteiger charge is 2.14. The smallest absolute Gasteiger partial charge is 0.148 e. The van der Waals surface area contributed by atoms with Crippen LogP contribution >= 0.6 is 11.8 Å². The minimum Gasteiger partial charge on any atom is -0.389 e. The van der Waals surface area contributed by atoms with E-state index in [9.17, 15) is 17.9 Å². The topological polar surface area (TPSA) is 54.4 Å². The molecule has 0 saturated heterocycles. The van der Waals surface area contributed by atoms with Crippen molar-refractivity contribution >= 4 is 21.6 Å². The molecule has 6 heteroatoms. The van der Waals surface area contributed by atoms with Crippen LogP contribution in [0.2, 0.25) is 0 Å². The molecule has 0 aliphatic carbocycles. The van der Waals surface area contributed by atoms with Gasteiger partial charge in [0.15, 0.2) is 0 Å². The third-order valence-corrected chi connectivity index (χ3v) is 4.42. The highest BCUT2D eigenvalue weighted by molar-refractivity contribution is 8.00. The average Bonchev–Trinajstić information content (AvgIpc) is 2.14. The van der Waals surface area contributed by atoms with Gasteiger partial charge in [0.25, 0.3) is 0 Å². The van der Waals surface area contributed by atoms with Crippen LogP contribution in [0.5, 0.6) is 0 Å². The molecule has 0 aliphatic rings. The number of hydrogen-bond acceptors (Lipinski definition) is 4. The fourth-order valence-corrected chi connectivity index (χ4v) is 3.71. The van der Waals surface area contributed by atoms with Gasteiger partial charge in [0.1, 0.15) is 15.7 Å². The molecule has 1 aromatic carbocycles. The van der Waals surface area contributed by atoms with Crippen molar-refractivity contribution in [1.29, 1.82) is 0 Å². The minimum atomic E-state index is -3.01. The molecule has 96 valence electrons. The summed E-state index contributed by atoms with van der Waals surface area (Å²) in [4.78, 5) is 0.587. The van der Waals surface area contributed by atoms with E-state index in [1.54, 1.807) is 12.1 Å². The number of thioether (sulfide) groups is 1. The SMILES string of the molecule is C[C@H](O)c1c(F)cccc1SCCS(C)(=O)=O. The molecule has 0 unspecified atom stereocenters. The van der Waals surface area contributed by atoms with E-state index in [2.05, 4.69) is 0 Å². The van der Waals surface area contributed by atoms with Gasteiger partial charge in [0.2, 0.25) is 0 Å². The molecule has 0 radical (unpaired) electrons. The van der Waals surface area contributed by atoms with Gasteiger partial charge in [-0.1, -0.05) is 6.07 Å². The highest BCUT2D eigenvalue weighted by Crippen LogP contribution is 2.29. The number of sulfone groups is 1. The van der Waals surface area contributed by atoms with Gasteiger partial charge in [-0.25, -0.2) is 12.8 Å². The zero-order chi connectivity index (χ0) is 13.1. The van der Waals surface area contributed by atoms with Gasteiger partial charge in [-0.3, -0.25) is 0 Å². The van der Waals surface area contributed by atoms with E-state index in [0.29, 0.717) is 10.6 Å². The van der Waals surface area contributed by atoms with Crippen LogP contribution in [0.15, 0.2) is 23.1 Å². The largest absolute Gasteiger partial charge is 0.389 e. The summed E-state index contributed by atoms with van der Waals surface area (Å²) in [5.41, 5.74) is 0.228. The van der Waals surface area contributed by atoms with Crippen molar-refractivity contribution in [3.63, 3.8) is 0 Å². The maximum atomic E-state index is 13.5. The summed E-state index contributed by atoms with van der Waals surface area (Å²) in [6.07, 6.45) is 0.256.